The zero-order valence-corrected chi connectivity index (χ0v) is 10.9. The summed E-state index contributed by atoms with van der Waals surface area (Å²) in [6, 6.07) is 7.06. The van der Waals surface area contributed by atoms with Crippen LogP contribution in [-0.2, 0) is 21.1 Å². The second-order valence-electron chi connectivity index (χ2n) is 4.37. The molecule has 92 valence electrons. The lowest BCUT2D eigenvalue weighted by atomic mass is 10.0. The van der Waals surface area contributed by atoms with Crippen LogP contribution in [0.25, 0.3) is 10.4 Å². The van der Waals surface area contributed by atoms with Crippen LogP contribution in [0.2, 0.25) is 0 Å². The first-order valence-electron chi connectivity index (χ1n) is 5.09. The summed E-state index contributed by atoms with van der Waals surface area (Å²) in [6.07, 6.45) is 1.22. The van der Waals surface area contributed by atoms with Gasteiger partial charge in [-0.15, -0.1) is 0 Å². The Labute approximate surface area is 101 Å². The Bertz CT molecular complexity index is 541. The van der Waals surface area contributed by atoms with E-state index in [0.717, 1.165) is 11.1 Å². The van der Waals surface area contributed by atoms with Gasteiger partial charge in [0.2, 0.25) is 0 Å². The fourth-order valence-electron chi connectivity index (χ4n) is 1.34. The molecule has 0 atom stereocenters. The highest BCUT2D eigenvalue weighted by Crippen LogP contribution is 2.28. The summed E-state index contributed by atoms with van der Waals surface area (Å²) in [7, 11) is -3.17. The smallest absolute Gasteiger partial charge is 0.156 e. The van der Waals surface area contributed by atoms with Gasteiger partial charge in [-0.05, 0) is 30.5 Å². The highest BCUT2D eigenvalue weighted by molar-refractivity contribution is 7.91. The minimum absolute atomic E-state index is 0.274. The first kappa shape index (κ1) is 13.5. The molecule has 1 rings (SSSR count). The highest BCUT2D eigenvalue weighted by Gasteiger charge is 2.31. The Morgan fingerprint density at radius 2 is 1.82 bits per heavy atom. The molecule has 0 bridgehead atoms. The Morgan fingerprint density at radius 1 is 1.29 bits per heavy atom. The summed E-state index contributed by atoms with van der Waals surface area (Å²) in [6.45, 7) is 3.62. The lowest BCUT2D eigenvalue weighted by molar-refractivity contribution is 0.561. The zero-order chi connectivity index (χ0) is 13.1. The average Bonchev–Trinajstić information content (AvgIpc) is 2.25. The maximum Gasteiger partial charge on any atom is 0.156 e. The number of rotatable bonds is 4. The van der Waals surface area contributed by atoms with E-state index in [4.69, 9.17) is 5.53 Å². The van der Waals surface area contributed by atoms with Crippen molar-refractivity contribution in [3.05, 3.63) is 45.8 Å². The lowest BCUT2D eigenvalue weighted by Crippen LogP contribution is -2.27. The molecule has 0 aliphatic rings. The van der Waals surface area contributed by atoms with Crippen LogP contribution < -0.4 is 0 Å². The molecule has 0 radical (unpaired) electrons. The van der Waals surface area contributed by atoms with Gasteiger partial charge in [-0.2, -0.15) is 0 Å². The van der Waals surface area contributed by atoms with Gasteiger partial charge in [0.05, 0.1) is 11.3 Å². The number of benzene rings is 1. The Hall–Kier alpha value is -1.52. The van der Waals surface area contributed by atoms with Crippen molar-refractivity contribution < 1.29 is 8.42 Å². The van der Waals surface area contributed by atoms with Crippen molar-refractivity contribution in [1.82, 2.24) is 0 Å². The molecule has 0 aliphatic carbocycles. The molecule has 0 amide bonds. The van der Waals surface area contributed by atoms with Crippen molar-refractivity contribution in [2.75, 3.05) is 6.26 Å². The van der Waals surface area contributed by atoms with E-state index in [0.29, 0.717) is 0 Å². The van der Waals surface area contributed by atoms with Crippen molar-refractivity contribution in [3.8, 4) is 0 Å². The molecule has 0 heterocycles. The Balaban J connectivity index is 3.07. The zero-order valence-electron chi connectivity index (χ0n) is 10.1. The molecule has 0 aliphatic heterocycles. The lowest BCUT2D eigenvalue weighted by Gasteiger charge is -2.23. The molecule has 0 fully saturated rings. The third-order valence-corrected chi connectivity index (χ3v) is 4.98. The van der Waals surface area contributed by atoms with Gasteiger partial charge in [0.25, 0.3) is 0 Å². The third-order valence-electron chi connectivity index (χ3n) is 2.89. The maximum absolute atomic E-state index is 11.6. The largest absolute Gasteiger partial charge is 0.228 e. The Kier molecular flexibility index (Phi) is 3.80. The van der Waals surface area contributed by atoms with E-state index in [1.54, 1.807) is 38.1 Å². The predicted octanol–water partition coefficient (Wildman–Crippen LogP) is 2.78. The third kappa shape index (κ3) is 2.99. The summed E-state index contributed by atoms with van der Waals surface area (Å²) in [4.78, 5) is 2.67. The van der Waals surface area contributed by atoms with Gasteiger partial charge in [-0.3, -0.25) is 0 Å². The Morgan fingerprint density at radius 3 is 2.24 bits per heavy atom. The predicted molar refractivity (Wildman–Crippen MR) is 67.2 cm³/mol. The van der Waals surface area contributed by atoms with Gasteiger partial charge >= 0.3 is 0 Å². The maximum atomic E-state index is 11.6. The highest BCUT2D eigenvalue weighted by atomic mass is 32.2. The van der Waals surface area contributed by atoms with Gasteiger partial charge in [0, 0.05) is 11.2 Å². The van der Waals surface area contributed by atoms with Gasteiger partial charge in [-0.1, -0.05) is 29.4 Å². The van der Waals surface area contributed by atoms with E-state index in [1.807, 2.05) is 0 Å². The average molecular weight is 253 g/mol. The van der Waals surface area contributed by atoms with E-state index >= 15 is 0 Å². The molecule has 0 aromatic heterocycles. The van der Waals surface area contributed by atoms with Crippen LogP contribution in [-0.4, -0.2) is 14.7 Å². The number of hydrogen-bond donors (Lipinski definition) is 0. The molecular formula is C11H15N3O2S. The molecule has 0 N–H and O–H groups in total. The molecule has 6 heteroatoms. The van der Waals surface area contributed by atoms with Crippen molar-refractivity contribution >= 4 is 9.84 Å². The topological polar surface area (TPSA) is 82.9 Å². The summed E-state index contributed by atoms with van der Waals surface area (Å²) in [5.41, 5.74) is 9.78. The number of hydrogen-bond acceptors (Lipinski definition) is 3. The minimum atomic E-state index is -3.17. The van der Waals surface area contributed by atoms with Crippen LogP contribution in [0, 0.1) is 0 Å². The first-order valence-corrected chi connectivity index (χ1v) is 6.98. The monoisotopic (exact) mass is 253 g/mol. The van der Waals surface area contributed by atoms with Gasteiger partial charge in [0.15, 0.2) is 9.84 Å². The van der Waals surface area contributed by atoms with E-state index < -0.39 is 14.6 Å². The summed E-state index contributed by atoms with van der Waals surface area (Å²) in [5.74, 6) is 0. The molecular weight excluding hydrogens is 238 g/mol. The molecule has 0 saturated heterocycles. The quantitative estimate of drug-likeness (QED) is 0.469. The van der Waals surface area contributed by atoms with Crippen molar-refractivity contribution in [3.63, 3.8) is 0 Å². The van der Waals surface area contributed by atoms with Crippen LogP contribution in [0.4, 0.5) is 0 Å². The molecule has 0 saturated carbocycles. The minimum Gasteiger partial charge on any atom is -0.228 e. The van der Waals surface area contributed by atoms with Gasteiger partial charge < -0.3 is 0 Å². The molecule has 5 nitrogen and oxygen atoms in total. The fraction of sp³-hybridized carbons (Fsp3) is 0.455. The van der Waals surface area contributed by atoms with E-state index in [1.165, 1.54) is 6.26 Å². The van der Waals surface area contributed by atoms with Crippen LogP contribution >= 0.6 is 0 Å². The van der Waals surface area contributed by atoms with Gasteiger partial charge in [-0.25, -0.2) is 8.42 Å². The molecule has 0 spiro atoms. The summed E-state index contributed by atoms with van der Waals surface area (Å²) >= 11 is 0. The second kappa shape index (κ2) is 4.77. The van der Waals surface area contributed by atoms with Crippen LogP contribution in [0.15, 0.2) is 29.4 Å². The van der Waals surface area contributed by atoms with Gasteiger partial charge in [0.1, 0.15) is 0 Å². The van der Waals surface area contributed by atoms with Crippen LogP contribution in [0.5, 0.6) is 0 Å². The normalized spacial score (nSPS) is 11.9. The van der Waals surface area contributed by atoms with Crippen molar-refractivity contribution in [1.29, 1.82) is 0 Å². The second-order valence-corrected chi connectivity index (χ2v) is 6.93. The number of sulfone groups is 1. The van der Waals surface area contributed by atoms with Crippen molar-refractivity contribution in [2.45, 2.75) is 25.1 Å². The van der Waals surface area contributed by atoms with Crippen molar-refractivity contribution in [2.24, 2.45) is 5.11 Å². The van der Waals surface area contributed by atoms with E-state index in [9.17, 15) is 8.42 Å². The molecule has 17 heavy (non-hydrogen) atoms. The standard InChI is InChI=1S/C11H15N3O2S/c1-11(2,17(3,15)16)10-6-4-9(5-7-10)8-13-14-12/h4-7H,8H2,1-3H3. The van der Waals surface area contributed by atoms with E-state index in [-0.39, 0.29) is 6.54 Å². The summed E-state index contributed by atoms with van der Waals surface area (Å²) < 4.78 is 22.4. The number of nitrogens with zero attached hydrogens (tertiary/aromatic N) is 3. The first-order chi connectivity index (χ1) is 7.79. The summed E-state index contributed by atoms with van der Waals surface area (Å²) in [5, 5.41) is 3.44. The fourth-order valence-corrected chi connectivity index (χ4v) is 1.90. The molecule has 1 aromatic carbocycles. The molecule has 1 aromatic rings. The van der Waals surface area contributed by atoms with Crippen LogP contribution in [0.1, 0.15) is 25.0 Å². The van der Waals surface area contributed by atoms with Crippen LogP contribution in [0.3, 0.4) is 0 Å². The molecule has 0 unspecified atom stereocenters. The number of azide groups is 1. The SMILES string of the molecule is CC(C)(c1ccc(CN=[N+]=[N-])cc1)S(C)(=O)=O. The van der Waals surface area contributed by atoms with E-state index in [2.05, 4.69) is 10.0 Å².